The van der Waals surface area contributed by atoms with E-state index in [1.54, 1.807) is 0 Å². The summed E-state index contributed by atoms with van der Waals surface area (Å²) < 4.78 is 6.78. The number of rotatable bonds is 4. The standard InChI is InChI=1S/C14H14BrNO/c15-12-4-2-6-14(10-12)17-13-5-1-3-11(9-13)7-8-16/h1-6,9-10H,7-8,16H2. The van der Waals surface area contributed by atoms with Gasteiger partial charge in [0, 0.05) is 4.47 Å². The minimum atomic E-state index is 0.653. The van der Waals surface area contributed by atoms with Gasteiger partial charge >= 0.3 is 0 Å². The summed E-state index contributed by atoms with van der Waals surface area (Å²) in [6, 6.07) is 15.8. The molecule has 2 aromatic rings. The summed E-state index contributed by atoms with van der Waals surface area (Å²) in [5, 5.41) is 0. The number of hydrogen-bond donors (Lipinski definition) is 1. The van der Waals surface area contributed by atoms with Gasteiger partial charge in [-0.2, -0.15) is 0 Å². The van der Waals surface area contributed by atoms with Crippen LogP contribution in [0.15, 0.2) is 53.0 Å². The Bertz CT molecular complexity index is 499. The van der Waals surface area contributed by atoms with Crippen LogP contribution in [0.3, 0.4) is 0 Å². The Labute approximate surface area is 110 Å². The summed E-state index contributed by atoms with van der Waals surface area (Å²) in [5.74, 6) is 1.67. The van der Waals surface area contributed by atoms with Gasteiger partial charge in [0.05, 0.1) is 0 Å². The third kappa shape index (κ3) is 3.58. The highest BCUT2D eigenvalue weighted by Crippen LogP contribution is 2.24. The Morgan fingerprint density at radius 2 is 1.71 bits per heavy atom. The third-order valence-electron chi connectivity index (χ3n) is 2.36. The molecule has 0 atom stereocenters. The molecule has 0 aliphatic heterocycles. The second-order valence-electron chi connectivity index (χ2n) is 3.75. The molecule has 0 bridgehead atoms. The van der Waals surface area contributed by atoms with Gasteiger partial charge in [-0.15, -0.1) is 0 Å². The molecule has 0 saturated carbocycles. The van der Waals surface area contributed by atoms with Crippen molar-refractivity contribution in [2.24, 2.45) is 5.73 Å². The Hall–Kier alpha value is -1.32. The van der Waals surface area contributed by atoms with Crippen LogP contribution in [0.5, 0.6) is 11.5 Å². The molecule has 0 radical (unpaired) electrons. The normalized spacial score (nSPS) is 10.2. The van der Waals surface area contributed by atoms with E-state index in [4.69, 9.17) is 10.5 Å². The van der Waals surface area contributed by atoms with E-state index in [2.05, 4.69) is 22.0 Å². The van der Waals surface area contributed by atoms with Gasteiger partial charge in [0.2, 0.25) is 0 Å². The van der Waals surface area contributed by atoms with Crippen molar-refractivity contribution < 1.29 is 4.74 Å². The molecule has 0 spiro atoms. The highest BCUT2D eigenvalue weighted by Gasteiger charge is 1.99. The van der Waals surface area contributed by atoms with Crippen molar-refractivity contribution in [3.8, 4) is 11.5 Å². The first kappa shape index (κ1) is 12.1. The van der Waals surface area contributed by atoms with Gasteiger partial charge in [-0.25, -0.2) is 0 Å². The van der Waals surface area contributed by atoms with Crippen molar-refractivity contribution in [3.05, 3.63) is 58.6 Å². The zero-order chi connectivity index (χ0) is 12.1. The monoisotopic (exact) mass is 291 g/mol. The quantitative estimate of drug-likeness (QED) is 0.931. The number of halogens is 1. The molecule has 0 fully saturated rings. The van der Waals surface area contributed by atoms with Crippen LogP contribution in [0, 0.1) is 0 Å². The van der Waals surface area contributed by atoms with Gasteiger partial charge in [-0.05, 0) is 48.9 Å². The average molecular weight is 292 g/mol. The average Bonchev–Trinajstić information content (AvgIpc) is 2.30. The number of ether oxygens (including phenoxy) is 1. The van der Waals surface area contributed by atoms with E-state index in [0.717, 1.165) is 22.4 Å². The summed E-state index contributed by atoms with van der Waals surface area (Å²) in [6.07, 6.45) is 0.871. The van der Waals surface area contributed by atoms with Crippen molar-refractivity contribution >= 4 is 15.9 Å². The molecule has 3 heteroatoms. The molecular formula is C14H14BrNO. The van der Waals surface area contributed by atoms with Crippen molar-refractivity contribution in [1.82, 2.24) is 0 Å². The maximum absolute atomic E-state index is 5.78. The van der Waals surface area contributed by atoms with E-state index < -0.39 is 0 Å². The molecule has 0 aliphatic rings. The van der Waals surface area contributed by atoms with Crippen molar-refractivity contribution in [1.29, 1.82) is 0 Å². The number of nitrogens with two attached hydrogens (primary N) is 1. The first-order chi connectivity index (χ1) is 8.28. The molecule has 88 valence electrons. The van der Waals surface area contributed by atoms with E-state index in [1.807, 2.05) is 42.5 Å². The Balaban J connectivity index is 2.15. The SMILES string of the molecule is NCCc1cccc(Oc2cccc(Br)c2)c1. The number of hydrogen-bond acceptors (Lipinski definition) is 2. The zero-order valence-corrected chi connectivity index (χ0v) is 11.0. The molecule has 0 heterocycles. The first-order valence-corrected chi connectivity index (χ1v) is 6.29. The van der Waals surface area contributed by atoms with E-state index in [-0.39, 0.29) is 0 Å². The summed E-state index contributed by atoms with van der Waals surface area (Å²) in [5.41, 5.74) is 6.73. The molecule has 0 aliphatic carbocycles. The van der Waals surface area contributed by atoms with Gasteiger partial charge in [-0.3, -0.25) is 0 Å². The molecular weight excluding hydrogens is 278 g/mol. The summed E-state index contributed by atoms with van der Waals surface area (Å²) >= 11 is 3.42. The maximum atomic E-state index is 5.78. The highest BCUT2D eigenvalue weighted by molar-refractivity contribution is 9.10. The molecule has 0 aromatic heterocycles. The predicted molar refractivity (Wildman–Crippen MR) is 73.4 cm³/mol. The largest absolute Gasteiger partial charge is 0.457 e. The van der Waals surface area contributed by atoms with Gasteiger partial charge < -0.3 is 10.5 Å². The van der Waals surface area contributed by atoms with Crippen LogP contribution < -0.4 is 10.5 Å². The Morgan fingerprint density at radius 1 is 1.00 bits per heavy atom. The second kappa shape index (κ2) is 5.84. The lowest BCUT2D eigenvalue weighted by Gasteiger charge is -2.07. The van der Waals surface area contributed by atoms with Crippen LogP contribution in [0.1, 0.15) is 5.56 Å². The fourth-order valence-corrected chi connectivity index (χ4v) is 1.98. The summed E-state index contributed by atoms with van der Waals surface area (Å²) in [7, 11) is 0. The van der Waals surface area contributed by atoms with Crippen molar-refractivity contribution in [2.75, 3.05) is 6.54 Å². The smallest absolute Gasteiger partial charge is 0.128 e. The maximum Gasteiger partial charge on any atom is 0.128 e. The Kier molecular flexibility index (Phi) is 4.18. The van der Waals surface area contributed by atoms with Crippen LogP contribution in [0.25, 0.3) is 0 Å². The lowest BCUT2D eigenvalue weighted by molar-refractivity contribution is 0.481. The third-order valence-corrected chi connectivity index (χ3v) is 2.86. The van der Waals surface area contributed by atoms with Crippen LogP contribution in [0.2, 0.25) is 0 Å². The van der Waals surface area contributed by atoms with E-state index in [1.165, 1.54) is 5.56 Å². The second-order valence-corrected chi connectivity index (χ2v) is 4.66. The van der Waals surface area contributed by atoms with Crippen molar-refractivity contribution in [2.45, 2.75) is 6.42 Å². The fraction of sp³-hybridized carbons (Fsp3) is 0.143. The molecule has 0 saturated heterocycles. The molecule has 0 unspecified atom stereocenters. The molecule has 2 rings (SSSR count). The van der Waals surface area contributed by atoms with Gasteiger partial charge in [-0.1, -0.05) is 34.1 Å². The molecule has 2 nitrogen and oxygen atoms in total. The fourth-order valence-electron chi connectivity index (χ4n) is 1.60. The minimum Gasteiger partial charge on any atom is -0.457 e. The number of benzene rings is 2. The predicted octanol–water partition coefficient (Wildman–Crippen LogP) is 3.74. The lowest BCUT2D eigenvalue weighted by atomic mass is 10.1. The topological polar surface area (TPSA) is 35.2 Å². The van der Waals surface area contributed by atoms with Crippen LogP contribution in [-0.2, 0) is 6.42 Å². The molecule has 0 amide bonds. The first-order valence-electron chi connectivity index (χ1n) is 5.50. The van der Waals surface area contributed by atoms with Gasteiger partial charge in [0.15, 0.2) is 0 Å². The molecule has 17 heavy (non-hydrogen) atoms. The van der Waals surface area contributed by atoms with Gasteiger partial charge in [0.1, 0.15) is 11.5 Å². The summed E-state index contributed by atoms with van der Waals surface area (Å²) in [6.45, 7) is 0.653. The Morgan fingerprint density at radius 3 is 2.41 bits per heavy atom. The van der Waals surface area contributed by atoms with Crippen LogP contribution in [-0.4, -0.2) is 6.54 Å². The van der Waals surface area contributed by atoms with Gasteiger partial charge in [0.25, 0.3) is 0 Å². The van der Waals surface area contributed by atoms with Crippen molar-refractivity contribution in [3.63, 3.8) is 0 Å². The van der Waals surface area contributed by atoms with E-state index in [9.17, 15) is 0 Å². The minimum absolute atomic E-state index is 0.653. The summed E-state index contributed by atoms with van der Waals surface area (Å²) in [4.78, 5) is 0. The van der Waals surface area contributed by atoms with E-state index >= 15 is 0 Å². The van der Waals surface area contributed by atoms with E-state index in [0.29, 0.717) is 6.54 Å². The lowest BCUT2D eigenvalue weighted by Crippen LogP contribution is -2.02. The molecule has 2 N–H and O–H groups in total. The van der Waals surface area contributed by atoms with Crippen LogP contribution in [0.4, 0.5) is 0 Å². The molecule has 2 aromatic carbocycles. The van der Waals surface area contributed by atoms with Crippen LogP contribution >= 0.6 is 15.9 Å². The highest BCUT2D eigenvalue weighted by atomic mass is 79.9. The zero-order valence-electron chi connectivity index (χ0n) is 9.40.